The second-order valence-corrected chi connectivity index (χ2v) is 20.8. The van der Waals surface area contributed by atoms with Crippen LogP contribution in [0.1, 0.15) is 58.4 Å². The van der Waals surface area contributed by atoms with Crippen molar-refractivity contribution in [2.24, 2.45) is 0 Å². The average Bonchev–Trinajstić information content (AvgIpc) is 3.16. The van der Waals surface area contributed by atoms with E-state index in [1.54, 1.807) is 0 Å². The minimum Gasteiger partial charge on any atom is -0.481 e. The zero-order chi connectivity index (χ0) is 44.8. The smallest absolute Gasteiger partial charge is 0.300 e. The Hall–Kier alpha value is -5.30. The zero-order valence-corrected chi connectivity index (χ0v) is 41.3. The molecule has 4 nitrogen and oxygen atoms in total. The molecule has 322 valence electrons. The van der Waals surface area contributed by atoms with E-state index in [4.69, 9.17) is 19.8 Å². The Morgan fingerprint density at radius 2 is 0.587 bits per heavy atom. The third-order valence-corrected chi connectivity index (χ3v) is 15.2. The Morgan fingerprint density at radius 1 is 0.365 bits per heavy atom. The summed E-state index contributed by atoms with van der Waals surface area (Å²) in [6.45, 7) is 20.1. The van der Waals surface area contributed by atoms with Crippen LogP contribution < -0.4 is 31.8 Å². The van der Waals surface area contributed by atoms with Gasteiger partial charge in [-0.25, -0.2) is 0 Å². The van der Waals surface area contributed by atoms with Gasteiger partial charge in [0.05, 0.1) is 0 Å². The number of carboxylic acid groups (broad SMARTS) is 2. The van der Waals surface area contributed by atoms with E-state index in [0.29, 0.717) is 0 Å². The molecule has 0 saturated carbocycles. The first kappa shape index (κ1) is 48.7. The SMILES string of the molecule is CC(=O)O.CC(=O)O.Cc1cc(C)cc(P(c2cc(C)cc(C)c2)c2ccc3ccccc3c2-c2c(P(c3cc(C)cc(C)c3)c3cc(C)cc(C)c3)ccc3ccccc23)c1.[Ru]. The number of benzene rings is 8. The normalized spacial score (nSPS) is 10.8. The predicted molar refractivity (Wildman–Crippen MR) is 269 cm³/mol. The number of fused-ring (bicyclic) bond motifs is 2. The summed E-state index contributed by atoms with van der Waals surface area (Å²) in [5.74, 6) is -1.67. The van der Waals surface area contributed by atoms with Crippen molar-refractivity contribution < 1.29 is 39.3 Å². The second-order valence-electron chi connectivity index (χ2n) is 16.5. The Morgan fingerprint density at radius 3 is 0.825 bits per heavy atom. The van der Waals surface area contributed by atoms with Gasteiger partial charge in [0.1, 0.15) is 0 Å². The van der Waals surface area contributed by atoms with Crippen molar-refractivity contribution in [2.45, 2.75) is 69.2 Å². The third-order valence-electron chi connectivity index (χ3n) is 10.4. The number of carbonyl (C=O) groups is 2. The van der Waals surface area contributed by atoms with Crippen molar-refractivity contribution in [2.75, 3.05) is 0 Å². The minimum atomic E-state index is -0.937. The topological polar surface area (TPSA) is 74.6 Å². The Bertz CT molecular complexity index is 2560. The number of aryl methyl sites for hydroxylation is 8. The molecule has 8 rings (SSSR count). The summed E-state index contributed by atoms with van der Waals surface area (Å²) in [6, 6.07) is 56.6. The van der Waals surface area contributed by atoms with E-state index in [1.807, 2.05) is 0 Å². The van der Waals surface area contributed by atoms with Crippen LogP contribution in [-0.4, -0.2) is 22.2 Å². The minimum absolute atomic E-state index is 0. The Kier molecular flexibility index (Phi) is 16.5. The van der Waals surface area contributed by atoms with Gasteiger partial charge < -0.3 is 10.2 Å². The maximum atomic E-state index is 9.00. The van der Waals surface area contributed by atoms with Crippen molar-refractivity contribution in [1.82, 2.24) is 0 Å². The fourth-order valence-corrected chi connectivity index (χ4v) is 14.3. The largest absolute Gasteiger partial charge is 0.481 e. The number of hydrogen-bond acceptors (Lipinski definition) is 2. The van der Waals surface area contributed by atoms with Crippen LogP contribution in [0, 0.1) is 55.4 Å². The molecular weight excluding hydrogens is 900 g/mol. The predicted octanol–water partition coefficient (Wildman–Crippen LogP) is 11.8. The molecule has 0 fully saturated rings. The van der Waals surface area contributed by atoms with Crippen molar-refractivity contribution >= 4 is 81.2 Å². The molecule has 0 spiro atoms. The summed E-state index contributed by atoms with van der Waals surface area (Å²) in [5, 5.41) is 28.4. The van der Waals surface area contributed by atoms with Crippen LogP contribution in [0.5, 0.6) is 0 Å². The summed E-state index contributed by atoms with van der Waals surface area (Å²) < 4.78 is 0. The van der Waals surface area contributed by atoms with Crippen molar-refractivity contribution in [3.63, 3.8) is 0 Å². The van der Waals surface area contributed by atoms with Crippen LogP contribution >= 0.6 is 15.8 Å². The number of hydrogen-bond donors (Lipinski definition) is 2. The van der Waals surface area contributed by atoms with Crippen LogP contribution in [0.25, 0.3) is 32.7 Å². The molecule has 8 aromatic carbocycles. The standard InChI is InChI=1S/C52H48P2.2C2H4O2.Ru/c1-33-21-34(2)26-43(25-33)53(44-27-35(3)22-36(4)28-44)49-19-17-41-13-9-11-15-47(41)51(49)52-48-16-12-10-14-42(48)18-20-50(52)54(45-29-37(5)23-38(6)30-45)46-31-39(7)24-40(8)32-46;2*1-2(3)4;/h9-32H,1-8H3;2*1H3,(H,3,4);. The quantitative estimate of drug-likeness (QED) is 0.123. The molecule has 63 heavy (non-hydrogen) atoms. The van der Waals surface area contributed by atoms with Gasteiger partial charge >= 0.3 is 0 Å². The van der Waals surface area contributed by atoms with Gasteiger partial charge in [-0.2, -0.15) is 0 Å². The van der Waals surface area contributed by atoms with Crippen LogP contribution in [0.15, 0.2) is 146 Å². The van der Waals surface area contributed by atoms with E-state index < -0.39 is 27.8 Å². The van der Waals surface area contributed by atoms with Gasteiger partial charge in [0.25, 0.3) is 11.9 Å². The first-order chi connectivity index (χ1) is 29.5. The van der Waals surface area contributed by atoms with E-state index in [-0.39, 0.29) is 19.5 Å². The fourth-order valence-electron chi connectivity index (χ4n) is 8.59. The van der Waals surface area contributed by atoms with Gasteiger partial charge in [-0.15, -0.1) is 0 Å². The molecule has 0 amide bonds. The molecule has 8 aromatic rings. The maximum absolute atomic E-state index is 9.00. The van der Waals surface area contributed by atoms with E-state index in [0.717, 1.165) is 13.8 Å². The fraction of sp³-hybridized carbons (Fsp3) is 0.179. The zero-order valence-electron chi connectivity index (χ0n) is 37.8. The summed E-state index contributed by atoms with van der Waals surface area (Å²) in [6.07, 6.45) is 0. The number of carboxylic acids is 2. The molecule has 0 aliphatic carbocycles. The Labute approximate surface area is 388 Å². The summed E-state index contributed by atoms with van der Waals surface area (Å²) >= 11 is 0. The van der Waals surface area contributed by atoms with Gasteiger partial charge in [0.15, 0.2) is 0 Å². The molecular formula is C56H56O4P2Ru. The molecule has 0 bridgehead atoms. The maximum Gasteiger partial charge on any atom is 0.300 e. The molecule has 2 N–H and O–H groups in total. The monoisotopic (exact) mass is 956 g/mol. The van der Waals surface area contributed by atoms with E-state index in [1.165, 1.54) is 109 Å². The van der Waals surface area contributed by atoms with Gasteiger partial charge in [-0.1, -0.05) is 190 Å². The molecule has 0 heterocycles. The summed E-state index contributed by atoms with van der Waals surface area (Å²) in [5.41, 5.74) is 13.2. The second kappa shape index (κ2) is 21.4. The molecule has 0 radical (unpaired) electrons. The van der Waals surface area contributed by atoms with Gasteiger partial charge in [-0.3, -0.25) is 9.59 Å². The van der Waals surface area contributed by atoms with Gasteiger partial charge in [0.2, 0.25) is 0 Å². The molecule has 0 aliphatic rings. The van der Waals surface area contributed by atoms with Crippen LogP contribution in [-0.2, 0) is 29.1 Å². The molecule has 0 unspecified atom stereocenters. The molecule has 0 aromatic heterocycles. The van der Waals surface area contributed by atoms with E-state index in [9.17, 15) is 0 Å². The Balaban J connectivity index is 0.000000768. The summed E-state index contributed by atoms with van der Waals surface area (Å²) in [4.78, 5) is 18.0. The first-order valence-electron chi connectivity index (χ1n) is 20.9. The molecule has 7 heteroatoms. The van der Waals surface area contributed by atoms with Gasteiger partial charge in [0, 0.05) is 33.3 Å². The molecule has 0 saturated heterocycles. The van der Waals surface area contributed by atoms with Crippen molar-refractivity contribution in [3.8, 4) is 11.1 Å². The van der Waals surface area contributed by atoms with Crippen LogP contribution in [0.3, 0.4) is 0 Å². The van der Waals surface area contributed by atoms with Crippen LogP contribution in [0.2, 0.25) is 0 Å². The first-order valence-corrected chi connectivity index (χ1v) is 23.5. The number of aliphatic carboxylic acids is 2. The van der Waals surface area contributed by atoms with E-state index >= 15 is 0 Å². The molecule has 0 aliphatic heterocycles. The average molecular weight is 956 g/mol. The van der Waals surface area contributed by atoms with E-state index in [2.05, 4.69) is 201 Å². The van der Waals surface area contributed by atoms with Crippen molar-refractivity contribution in [1.29, 1.82) is 0 Å². The number of rotatable bonds is 7. The molecule has 0 atom stereocenters. The van der Waals surface area contributed by atoms with Gasteiger partial charge in [-0.05, 0) is 136 Å². The summed E-state index contributed by atoms with van der Waals surface area (Å²) in [7, 11) is -1.87. The van der Waals surface area contributed by atoms with Crippen LogP contribution in [0.4, 0.5) is 0 Å². The third kappa shape index (κ3) is 12.0. The van der Waals surface area contributed by atoms with Crippen molar-refractivity contribution in [3.05, 3.63) is 190 Å².